The number of hydrogen-bond donors (Lipinski definition) is 2. The van der Waals surface area contributed by atoms with Crippen molar-refractivity contribution in [2.24, 2.45) is 11.7 Å². The van der Waals surface area contributed by atoms with Gasteiger partial charge in [0, 0.05) is 11.1 Å². The summed E-state index contributed by atoms with van der Waals surface area (Å²) in [6.45, 7) is 3.80. The highest BCUT2D eigenvalue weighted by atomic mass is 16.5. The lowest BCUT2D eigenvalue weighted by molar-refractivity contribution is -0.120. The number of benzene rings is 1. The molecule has 2 rings (SSSR count). The highest BCUT2D eigenvalue weighted by Crippen LogP contribution is 2.16. The van der Waals surface area contributed by atoms with Gasteiger partial charge in [-0.1, -0.05) is 37.6 Å². The van der Waals surface area contributed by atoms with Crippen LogP contribution in [-0.2, 0) is 4.79 Å². The van der Waals surface area contributed by atoms with Crippen LogP contribution in [0.25, 0.3) is 11.4 Å². The van der Waals surface area contributed by atoms with Crippen molar-refractivity contribution in [3.05, 3.63) is 36.2 Å². The molecule has 116 valence electrons. The van der Waals surface area contributed by atoms with Crippen molar-refractivity contribution in [2.45, 2.75) is 26.3 Å². The van der Waals surface area contributed by atoms with Gasteiger partial charge in [-0.15, -0.1) is 0 Å². The minimum Gasteiger partial charge on any atom is -0.368 e. The van der Waals surface area contributed by atoms with Crippen molar-refractivity contribution < 1.29 is 14.1 Å². The molecule has 2 aromatic rings. The van der Waals surface area contributed by atoms with Crippen molar-refractivity contribution >= 4 is 11.8 Å². The number of aromatic nitrogens is 2. The van der Waals surface area contributed by atoms with E-state index in [-0.39, 0.29) is 11.8 Å². The van der Waals surface area contributed by atoms with Crippen LogP contribution in [0.5, 0.6) is 0 Å². The van der Waals surface area contributed by atoms with E-state index in [4.69, 9.17) is 5.73 Å². The Bertz CT molecular complexity index is 655. The van der Waals surface area contributed by atoms with E-state index < -0.39 is 11.9 Å². The first-order valence-electron chi connectivity index (χ1n) is 7.00. The summed E-state index contributed by atoms with van der Waals surface area (Å²) in [5.74, 6) is -0.559. The van der Waals surface area contributed by atoms with Crippen LogP contribution in [-0.4, -0.2) is 28.0 Å². The standard InChI is InChI=1S/C15H18N4O3/c1-3-9(2)12(13(16)20)18-15(21)11-6-4-5-10(7-11)14-17-8-22-19-14/h4-9,12H,3H2,1-2H3,(H2,16,20)(H,18,21)/t9-,12-/m0/s1. The van der Waals surface area contributed by atoms with E-state index in [0.717, 1.165) is 6.42 Å². The fourth-order valence-corrected chi connectivity index (χ4v) is 2.05. The van der Waals surface area contributed by atoms with E-state index in [2.05, 4.69) is 20.0 Å². The fourth-order valence-electron chi connectivity index (χ4n) is 2.05. The molecule has 1 aromatic carbocycles. The Kier molecular flexibility index (Phi) is 4.88. The highest BCUT2D eigenvalue weighted by molar-refractivity contribution is 5.98. The molecule has 1 heterocycles. The Hall–Kier alpha value is -2.70. The van der Waals surface area contributed by atoms with Crippen molar-refractivity contribution in [3.8, 4) is 11.4 Å². The first-order valence-corrected chi connectivity index (χ1v) is 7.00. The van der Waals surface area contributed by atoms with Crippen molar-refractivity contribution in [3.63, 3.8) is 0 Å². The van der Waals surface area contributed by atoms with Crippen LogP contribution < -0.4 is 11.1 Å². The molecule has 0 bridgehead atoms. The average Bonchev–Trinajstić information content (AvgIpc) is 3.06. The van der Waals surface area contributed by atoms with Gasteiger partial charge in [-0.05, 0) is 18.1 Å². The molecule has 2 amide bonds. The molecule has 7 heteroatoms. The van der Waals surface area contributed by atoms with Gasteiger partial charge in [0.2, 0.25) is 18.1 Å². The highest BCUT2D eigenvalue weighted by Gasteiger charge is 2.24. The Morgan fingerprint density at radius 3 is 2.77 bits per heavy atom. The van der Waals surface area contributed by atoms with Crippen LogP contribution in [0.3, 0.4) is 0 Å². The zero-order valence-corrected chi connectivity index (χ0v) is 12.4. The number of carbonyl (C=O) groups excluding carboxylic acids is 2. The third-order valence-electron chi connectivity index (χ3n) is 3.55. The number of rotatable bonds is 6. The molecule has 22 heavy (non-hydrogen) atoms. The molecule has 0 saturated carbocycles. The van der Waals surface area contributed by atoms with Gasteiger partial charge in [-0.2, -0.15) is 4.98 Å². The third-order valence-corrected chi connectivity index (χ3v) is 3.55. The summed E-state index contributed by atoms with van der Waals surface area (Å²) in [6, 6.07) is 6.05. The van der Waals surface area contributed by atoms with E-state index in [1.807, 2.05) is 13.8 Å². The van der Waals surface area contributed by atoms with E-state index in [0.29, 0.717) is 17.0 Å². The van der Waals surface area contributed by atoms with Crippen molar-refractivity contribution in [1.29, 1.82) is 0 Å². The zero-order chi connectivity index (χ0) is 16.1. The molecule has 0 spiro atoms. The minimum absolute atomic E-state index is 0.0400. The monoisotopic (exact) mass is 302 g/mol. The first-order chi connectivity index (χ1) is 10.5. The summed E-state index contributed by atoms with van der Waals surface area (Å²) >= 11 is 0. The van der Waals surface area contributed by atoms with Gasteiger partial charge in [0.05, 0.1) is 0 Å². The van der Waals surface area contributed by atoms with Gasteiger partial charge in [0.25, 0.3) is 5.91 Å². The molecule has 7 nitrogen and oxygen atoms in total. The molecular weight excluding hydrogens is 284 g/mol. The molecule has 0 aliphatic heterocycles. The molecule has 0 fully saturated rings. The number of hydrogen-bond acceptors (Lipinski definition) is 5. The molecule has 0 aliphatic carbocycles. The number of nitrogens with two attached hydrogens (primary N) is 1. The van der Waals surface area contributed by atoms with Crippen LogP contribution in [0.4, 0.5) is 0 Å². The fraction of sp³-hybridized carbons (Fsp3) is 0.333. The summed E-state index contributed by atoms with van der Waals surface area (Å²) in [4.78, 5) is 27.7. The van der Waals surface area contributed by atoms with E-state index >= 15 is 0 Å². The molecule has 3 N–H and O–H groups in total. The maximum absolute atomic E-state index is 12.3. The predicted molar refractivity (Wildman–Crippen MR) is 79.6 cm³/mol. The van der Waals surface area contributed by atoms with Crippen LogP contribution in [0.2, 0.25) is 0 Å². The second-order valence-electron chi connectivity index (χ2n) is 5.07. The van der Waals surface area contributed by atoms with Crippen molar-refractivity contribution in [1.82, 2.24) is 15.5 Å². The average molecular weight is 302 g/mol. The second kappa shape index (κ2) is 6.84. The smallest absolute Gasteiger partial charge is 0.251 e. The lowest BCUT2D eigenvalue weighted by Gasteiger charge is -2.21. The summed E-state index contributed by atoms with van der Waals surface area (Å²) in [7, 11) is 0. The quantitative estimate of drug-likeness (QED) is 0.837. The molecule has 0 unspecified atom stereocenters. The van der Waals surface area contributed by atoms with Gasteiger partial charge in [0.15, 0.2) is 0 Å². The van der Waals surface area contributed by atoms with Crippen molar-refractivity contribution in [2.75, 3.05) is 0 Å². The number of amides is 2. The molecule has 0 radical (unpaired) electrons. The summed E-state index contributed by atoms with van der Waals surface area (Å²) in [5, 5.41) is 6.40. The molecule has 2 atom stereocenters. The van der Waals surface area contributed by atoms with Gasteiger partial charge in [-0.3, -0.25) is 9.59 Å². The Labute approximate surface area is 127 Å². The topological polar surface area (TPSA) is 111 Å². The van der Waals surface area contributed by atoms with Crippen LogP contribution >= 0.6 is 0 Å². The summed E-state index contributed by atoms with van der Waals surface area (Å²) < 4.78 is 4.69. The second-order valence-corrected chi connectivity index (χ2v) is 5.07. The number of carbonyl (C=O) groups is 2. The molecule has 1 aromatic heterocycles. The number of nitrogens with one attached hydrogen (secondary N) is 1. The largest absolute Gasteiger partial charge is 0.368 e. The Morgan fingerprint density at radius 1 is 1.41 bits per heavy atom. The normalized spacial score (nSPS) is 13.4. The van der Waals surface area contributed by atoms with Crippen LogP contribution in [0.1, 0.15) is 30.6 Å². The molecular formula is C15H18N4O3. The molecule has 0 aliphatic rings. The first kappa shape index (κ1) is 15.7. The van der Waals surface area contributed by atoms with Gasteiger partial charge in [0.1, 0.15) is 6.04 Å². The minimum atomic E-state index is -0.702. The van der Waals surface area contributed by atoms with Gasteiger partial charge >= 0.3 is 0 Å². The maximum Gasteiger partial charge on any atom is 0.251 e. The lowest BCUT2D eigenvalue weighted by Crippen LogP contribution is -2.48. The SMILES string of the molecule is CC[C@H](C)[C@H](NC(=O)c1cccc(-c2ncon2)c1)C(N)=O. The predicted octanol–water partition coefficient (Wildman–Crippen LogP) is 1.37. The summed E-state index contributed by atoms with van der Waals surface area (Å²) in [5.41, 5.74) is 6.41. The third kappa shape index (κ3) is 3.49. The maximum atomic E-state index is 12.3. The van der Waals surface area contributed by atoms with E-state index in [1.54, 1.807) is 24.3 Å². The van der Waals surface area contributed by atoms with Crippen LogP contribution in [0.15, 0.2) is 35.2 Å². The van der Waals surface area contributed by atoms with Gasteiger partial charge < -0.3 is 15.6 Å². The lowest BCUT2D eigenvalue weighted by atomic mass is 9.98. The van der Waals surface area contributed by atoms with Gasteiger partial charge in [-0.25, -0.2) is 0 Å². The summed E-state index contributed by atoms with van der Waals surface area (Å²) in [6.07, 6.45) is 1.95. The van der Waals surface area contributed by atoms with E-state index in [1.165, 1.54) is 6.39 Å². The molecule has 0 saturated heterocycles. The van der Waals surface area contributed by atoms with Crippen LogP contribution in [0, 0.1) is 5.92 Å². The Morgan fingerprint density at radius 2 is 2.18 bits per heavy atom. The Balaban J connectivity index is 2.19. The van der Waals surface area contributed by atoms with E-state index in [9.17, 15) is 9.59 Å². The number of primary amides is 1. The number of nitrogens with zero attached hydrogens (tertiary/aromatic N) is 2. The zero-order valence-electron chi connectivity index (χ0n) is 12.4.